The lowest BCUT2D eigenvalue weighted by Crippen LogP contribution is -2.38. The minimum atomic E-state index is -0.896. The molecule has 0 aliphatic carbocycles. The summed E-state index contributed by atoms with van der Waals surface area (Å²) in [5, 5.41) is 3.20. The zero-order chi connectivity index (χ0) is 21.7. The molecule has 2 atom stereocenters. The predicted octanol–water partition coefficient (Wildman–Crippen LogP) is 4.45. The van der Waals surface area contributed by atoms with Crippen LogP contribution in [0.3, 0.4) is 0 Å². The lowest BCUT2D eigenvalue weighted by molar-refractivity contribution is -0.162. The van der Waals surface area contributed by atoms with Gasteiger partial charge in [0.15, 0.2) is 17.9 Å². The van der Waals surface area contributed by atoms with Gasteiger partial charge in [-0.3, -0.25) is 10.1 Å². The van der Waals surface area contributed by atoms with Gasteiger partial charge in [-0.2, -0.15) is 0 Å². The van der Waals surface area contributed by atoms with Gasteiger partial charge in [0.2, 0.25) is 0 Å². The number of ether oxygens (including phenoxy) is 3. The molecular weight excluding hydrogens is 392 g/mol. The normalized spacial score (nSPS) is 18.8. The largest absolute Gasteiger partial charge is 0.493 e. The van der Waals surface area contributed by atoms with Crippen molar-refractivity contribution in [3.8, 4) is 11.5 Å². The van der Waals surface area contributed by atoms with Gasteiger partial charge in [-0.1, -0.05) is 6.07 Å². The van der Waals surface area contributed by atoms with Crippen LogP contribution in [0, 0.1) is 23.0 Å². The van der Waals surface area contributed by atoms with Crippen LogP contribution in [0.5, 0.6) is 11.5 Å². The number of esters is 1. The zero-order valence-corrected chi connectivity index (χ0v) is 17.4. The van der Waals surface area contributed by atoms with E-state index in [1.54, 1.807) is 24.3 Å². The topological polar surface area (TPSA) is 56.8 Å². The number of hydrogen-bond donors (Lipinski definition) is 1. The minimum Gasteiger partial charge on any atom is -0.493 e. The smallest absolute Gasteiger partial charge is 0.312 e. The Morgan fingerprint density at radius 2 is 1.70 bits per heavy atom. The molecule has 0 radical (unpaired) electrons. The molecule has 1 saturated heterocycles. The van der Waals surface area contributed by atoms with Crippen LogP contribution in [0.1, 0.15) is 32.8 Å². The molecule has 7 heteroatoms. The average molecular weight is 419 g/mol. The van der Waals surface area contributed by atoms with Gasteiger partial charge in [-0.05, 0) is 75.7 Å². The molecule has 0 bridgehead atoms. The van der Waals surface area contributed by atoms with Crippen LogP contribution < -0.4 is 14.8 Å². The SMILES string of the molecule is CC(C)(C)C(=O)OC1NCC[C@@H]1COc1ccc(OCc2ccc(F)c(F)c2)cc1. The van der Waals surface area contributed by atoms with Crippen LogP contribution in [0.4, 0.5) is 8.78 Å². The van der Waals surface area contributed by atoms with Gasteiger partial charge < -0.3 is 14.2 Å². The molecule has 3 rings (SSSR count). The Morgan fingerprint density at radius 1 is 1.03 bits per heavy atom. The van der Waals surface area contributed by atoms with E-state index >= 15 is 0 Å². The first-order valence-electron chi connectivity index (χ1n) is 9.96. The fourth-order valence-electron chi connectivity index (χ4n) is 2.96. The van der Waals surface area contributed by atoms with Crippen molar-refractivity contribution < 1.29 is 27.8 Å². The van der Waals surface area contributed by atoms with Gasteiger partial charge in [0.1, 0.15) is 18.1 Å². The molecule has 0 aromatic heterocycles. The summed E-state index contributed by atoms with van der Waals surface area (Å²) in [6, 6.07) is 10.7. The summed E-state index contributed by atoms with van der Waals surface area (Å²) in [5.74, 6) is -0.689. The lowest BCUT2D eigenvalue weighted by Gasteiger charge is -2.24. The van der Waals surface area contributed by atoms with E-state index in [0.717, 1.165) is 25.1 Å². The summed E-state index contributed by atoms with van der Waals surface area (Å²) >= 11 is 0. The summed E-state index contributed by atoms with van der Waals surface area (Å²) in [7, 11) is 0. The monoisotopic (exact) mass is 419 g/mol. The fourth-order valence-corrected chi connectivity index (χ4v) is 2.96. The Labute approximate surface area is 175 Å². The highest BCUT2D eigenvalue weighted by Gasteiger charge is 2.34. The molecule has 5 nitrogen and oxygen atoms in total. The Hall–Kier alpha value is -2.67. The standard InChI is InChI=1S/C23H27F2NO4/c1-23(2,3)22(27)30-21-16(10-11-26-21)14-29-18-7-5-17(6-8-18)28-13-15-4-9-19(24)20(25)12-15/h4-9,12,16,21,26H,10-11,13-14H2,1-3H3/t16-,21?/m1/s1. The van der Waals surface area contributed by atoms with Gasteiger partial charge >= 0.3 is 5.97 Å². The third-order valence-corrected chi connectivity index (χ3v) is 4.81. The first kappa shape index (κ1) is 22.0. The zero-order valence-electron chi connectivity index (χ0n) is 17.4. The van der Waals surface area contributed by atoms with Crippen molar-refractivity contribution >= 4 is 5.97 Å². The number of benzene rings is 2. The first-order valence-corrected chi connectivity index (χ1v) is 9.96. The van der Waals surface area contributed by atoms with Crippen molar-refractivity contribution in [3.05, 3.63) is 59.7 Å². The van der Waals surface area contributed by atoms with E-state index in [2.05, 4.69) is 5.32 Å². The van der Waals surface area contributed by atoms with Crippen molar-refractivity contribution in [3.63, 3.8) is 0 Å². The molecule has 0 spiro atoms. The van der Waals surface area contributed by atoms with Gasteiger partial charge in [0.25, 0.3) is 0 Å². The molecule has 1 heterocycles. The summed E-state index contributed by atoms with van der Waals surface area (Å²) in [6.07, 6.45) is 0.507. The van der Waals surface area contributed by atoms with E-state index in [9.17, 15) is 13.6 Å². The second kappa shape index (κ2) is 9.43. The van der Waals surface area contributed by atoms with E-state index in [-0.39, 0.29) is 24.7 Å². The minimum absolute atomic E-state index is 0.0700. The summed E-state index contributed by atoms with van der Waals surface area (Å²) in [5.41, 5.74) is -0.00985. The highest BCUT2D eigenvalue weighted by molar-refractivity contribution is 5.75. The number of hydrogen-bond acceptors (Lipinski definition) is 5. The molecule has 162 valence electrons. The first-order chi connectivity index (χ1) is 14.2. The van der Waals surface area contributed by atoms with E-state index < -0.39 is 17.0 Å². The Kier molecular flexibility index (Phi) is 6.92. The van der Waals surface area contributed by atoms with Crippen LogP contribution in [0.25, 0.3) is 0 Å². The quantitative estimate of drug-likeness (QED) is 0.672. The van der Waals surface area contributed by atoms with Crippen LogP contribution in [0.15, 0.2) is 42.5 Å². The maximum absolute atomic E-state index is 13.2. The van der Waals surface area contributed by atoms with Crippen LogP contribution >= 0.6 is 0 Å². The van der Waals surface area contributed by atoms with Crippen molar-refractivity contribution in [2.75, 3.05) is 13.2 Å². The number of carbonyl (C=O) groups is 1. The summed E-state index contributed by atoms with van der Waals surface area (Å²) in [4.78, 5) is 12.1. The van der Waals surface area contributed by atoms with Crippen LogP contribution in [-0.2, 0) is 16.1 Å². The van der Waals surface area contributed by atoms with Gasteiger partial charge in [-0.25, -0.2) is 8.78 Å². The fraction of sp³-hybridized carbons (Fsp3) is 0.435. The molecule has 0 saturated carbocycles. The molecular formula is C23H27F2NO4. The summed E-state index contributed by atoms with van der Waals surface area (Å²) < 4.78 is 43.3. The Bertz CT molecular complexity index is 864. The molecule has 1 aliphatic rings. The van der Waals surface area contributed by atoms with Crippen molar-refractivity contribution in [2.24, 2.45) is 11.3 Å². The molecule has 1 aliphatic heterocycles. The van der Waals surface area contributed by atoms with E-state index in [0.29, 0.717) is 23.7 Å². The second-order valence-electron chi connectivity index (χ2n) is 8.40. The van der Waals surface area contributed by atoms with E-state index in [4.69, 9.17) is 14.2 Å². The highest BCUT2D eigenvalue weighted by atomic mass is 19.2. The Balaban J connectivity index is 1.48. The molecule has 0 amide bonds. The van der Waals surface area contributed by atoms with Gasteiger partial charge in [0.05, 0.1) is 12.0 Å². The molecule has 2 aromatic carbocycles. The third-order valence-electron chi connectivity index (χ3n) is 4.81. The van der Waals surface area contributed by atoms with Gasteiger partial charge in [0, 0.05) is 5.92 Å². The second-order valence-corrected chi connectivity index (χ2v) is 8.40. The molecule has 30 heavy (non-hydrogen) atoms. The molecule has 1 N–H and O–H groups in total. The van der Waals surface area contributed by atoms with Crippen LogP contribution in [-0.4, -0.2) is 25.3 Å². The van der Waals surface area contributed by atoms with Crippen molar-refractivity contribution in [1.82, 2.24) is 5.32 Å². The number of nitrogens with one attached hydrogen (secondary N) is 1. The Morgan fingerprint density at radius 3 is 2.33 bits per heavy atom. The predicted molar refractivity (Wildman–Crippen MR) is 108 cm³/mol. The highest BCUT2D eigenvalue weighted by Crippen LogP contribution is 2.24. The maximum atomic E-state index is 13.2. The van der Waals surface area contributed by atoms with Crippen molar-refractivity contribution in [2.45, 2.75) is 40.0 Å². The van der Waals surface area contributed by atoms with E-state index in [1.165, 1.54) is 6.07 Å². The molecule has 1 fully saturated rings. The third kappa shape index (κ3) is 5.92. The maximum Gasteiger partial charge on any atom is 0.312 e. The summed E-state index contributed by atoms with van der Waals surface area (Å²) in [6.45, 7) is 6.80. The van der Waals surface area contributed by atoms with Crippen molar-refractivity contribution in [1.29, 1.82) is 0 Å². The molecule has 2 aromatic rings. The van der Waals surface area contributed by atoms with E-state index in [1.807, 2.05) is 20.8 Å². The number of rotatable bonds is 7. The lowest BCUT2D eigenvalue weighted by atomic mass is 9.97. The van der Waals surface area contributed by atoms with Crippen LogP contribution in [0.2, 0.25) is 0 Å². The van der Waals surface area contributed by atoms with Gasteiger partial charge in [-0.15, -0.1) is 0 Å². The average Bonchev–Trinajstić information content (AvgIpc) is 3.14. The number of carbonyl (C=O) groups excluding carboxylic acids is 1. The number of halogens is 2. The molecule has 1 unspecified atom stereocenters.